The molecule has 0 spiro atoms. The van der Waals surface area contributed by atoms with Crippen LogP contribution in [0, 0.1) is 0 Å². The van der Waals surface area contributed by atoms with E-state index in [0.717, 1.165) is 11.3 Å². The number of rotatable bonds is 4. The summed E-state index contributed by atoms with van der Waals surface area (Å²) in [5.41, 5.74) is 5.78. The van der Waals surface area contributed by atoms with Crippen molar-refractivity contribution in [3.63, 3.8) is 0 Å². The van der Waals surface area contributed by atoms with Crippen molar-refractivity contribution in [3.05, 3.63) is 6.20 Å². The molecule has 0 bridgehead atoms. The smallest absolute Gasteiger partial charge is 0.292 e. The Labute approximate surface area is 118 Å². The highest BCUT2D eigenvalue weighted by Crippen LogP contribution is 2.24. The van der Waals surface area contributed by atoms with Crippen LogP contribution in [0.2, 0.25) is 0 Å². The molecule has 0 saturated heterocycles. The summed E-state index contributed by atoms with van der Waals surface area (Å²) in [5.74, 6) is -0.241. The Morgan fingerprint density at radius 1 is 1.45 bits per heavy atom. The molecule has 0 aromatic carbocycles. The van der Waals surface area contributed by atoms with Crippen LogP contribution in [0.3, 0.4) is 0 Å². The van der Waals surface area contributed by atoms with Gasteiger partial charge < -0.3 is 11.1 Å². The van der Waals surface area contributed by atoms with Crippen molar-refractivity contribution < 1.29 is 13.2 Å². The second-order valence-corrected chi connectivity index (χ2v) is 6.57. The summed E-state index contributed by atoms with van der Waals surface area (Å²) in [4.78, 5) is 10.9. The van der Waals surface area contributed by atoms with Crippen LogP contribution in [-0.2, 0) is 21.9 Å². The van der Waals surface area contributed by atoms with Crippen LogP contribution < -0.4 is 15.8 Å². The summed E-state index contributed by atoms with van der Waals surface area (Å²) in [6.07, 6.45) is 1.32. The fourth-order valence-corrected chi connectivity index (χ4v) is 3.33. The summed E-state index contributed by atoms with van der Waals surface area (Å²) in [6.45, 7) is 1.28. The van der Waals surface area contributed by atoms with Crippen LogP contribution in [-0.4, -0.2) is 34.3 Å². The predicted octanol–water partition coefficient (Wildman–Crippen LogP) is -0.387. The van der Waals surface area contributed by atoms with Gasteiger partial charge in [-0.25, -0.2) is 0 Å². The summed E-state index contributed by atoms with van der Waals surface area (Å²) >= 11 is 0.727. The van der Waals surface area contributed by atoms with Crippen molar-refractivity contribution in [3.8, 4) is 0 Å². The van der Waals surface area contributed by atoms with Crippen LogP contribution in [0.25, 0.3) is 0 Å². The van der Waals surface area contributed by atoms with E-state index >= 15 is 0 Å². The molecule has 2 heterocycles. The van der Waals surface area contributed by atoms with E-state index in [1.807, 2.05) is 0 Å². The average molecular weight is 317 g/mol. The van der Waals surface area contributed by atoms with Crippen molar-refractivity contribution in [2.75, 3.05) is 15.8 Å². The number of carbonyl (C=O) groups is 1. The lowest BCUT2D eigenvalue weighted by molar-refractivity contribution is -0.114. The molecule has 4 N–H and O–H groups in total. The number of nitrogens with one attached hydrogen (secondary N) is 2. The standard InChI is InChI=1S/C8H11N7O3S2/c1-4(16)11-7-12-13-8(19-7)20(17,18)14-6-5(9)3-10-15(6)2/h3,14H,9H2,1-2H3,(H,11,12,16). The lowest BCUT2D eigenvalue weighted by atomic mass is 10.5. The van der Waals surface area contributed by atoms with E-state index < -0.39 is 10.0 Å². The molecule has 0 aliphatic rings. The first-order valence-electron chi connectivity index (χ1n) is 5.21. The quantitative estimate of drug-likeness (QED) is 0.651. The van der Waals surface area contributed by atoms with Gasteiger partial charge in [0.15, 0.2) is 5.82 Å². The highest BCUT2D eigenvalue weighted by Gasteiger charge is 2.23. The normalized spacial score (nSPS) is 11.3. The van der Waals surface area contributed by atoms with Crippen molar-refractivity contribution in [1.82, 2.24) is 20.0 Å². The van der Waals surface area contributed by atoms with Crippen LogP contribution in [0.1, 0.15) is 6.92 Å². The number of aromatic nitrogens is 4. The average Bonchev–Trinajstić information content (AvgIpc) is 2.91. The molecule has 2 aromatic rings. The first-order chi connectivity index (χ1) is 9.29. The number of hydrogen-bond donors (Lipinski definition) is 3. The van der Waals surface area contributed by atoms with Gasteiger partial charge in [0.05, 0.1) is 11.9 Å². The first kappa shape index (κ1) is 14.2. The van der Waals surface area contributed by atoms with Gasteiger partial charge >= 0.3 is 0 Å². The summed E-state index contributed by atoms with van der Waals surface area (Å²) in [6, 6.07) is 0. The highest BCUT2D eigenvalue weighted by molar-refractivity contribution is 7.94. The third-order valence-corrected chi connectivity index (χ3v) is 4.66. The third kappa shape index (κ3) is 2.85. The van der Waals surface area contributed by atoms with Crippen molar-refractivity contribution in [1.29, 1.82) is 0 Å². The van der Waals surface area contributed by atoms with E-state index in [9.17, 15) is 13.2 Å². The number of hydrogen-bond acceptors (Lipinski definition) is 8. The molecule has 1 amide bonds. The van der Waals surface area contributed by atoms with Gasteiger partial charge in [0.25, 0.3) is 14.4 Å². The second kappa shape index (κ2) is 5.05. The van der Waals surface area contributed by atoms with Gasteiger partial charge in [-0.2, -0.15) is 13.5 Å². The first-order valence-corrected chi connectivity index (χ1v) is 7.51. The van der Waals surface area contributed by atoms with Gasteiger partial charge in [-0.1, -0.05) is 11.3 Å². The molecule has 12 heteroatoms. The molecule has 0 atom stereocenters. The fourth-order valence-electron chi connectivity index (χ4n) is 1.27. The van der Waals surface area contributed by atoms with Crippen molar-refractivity contribution >= 4 is 43.9 Å². The molecule has 2 rings (SSSR count). The van der Waals surface area contributed by atoms with E-state index in [2.05, 4.69) is 25.3 Å². The SMILES string of the molecule is CC(=O)Nc1nnc(S(=O)(=O)Nc2c(N)cnn2C)s1. The van der Waals surface area contributed by atoms with Crippen LogP contribution in [0.4, 0.5) is 16.6 Å². The van der Waals surface area contributed by atoms with Gasteiger partial charge in [-0.3, -0.25) is 14.2 Å². The Balaban J connectivity index is 2.27. The van der Waals surface area contributed by atoms with E-state index in [1.165, 1.54) is 24.9 Å². The Hall–Kier alpha value is -2.21. The molecule has 0 aliphatic carbocycles. The number of aryl methyl sites for hydroxylation is 1. The number of carbonyl (C=O) groups excluding carboxylic acids is 1. The summed E-state index contributed by atoms with van der Waals surface area (Å²) < 4.78 is 27.4. The lowest BCUT2D eigenvalue weighted by Gasteiger charge is -2.05. The predicted molar refractivity (Wildman–Crippen MR) is 72.6 cm³/mol. The molecule has 0 fully saturated rings. The molecule has 0 saturated carbocycles. The van der Waals surface area contributed by atoms with Gasteiger partial charge in [0.1, 0.15) is 0 Å². The minimum absolute atomic E-state index is 0.0934. The topological polar surface area (TPSA) is 145 Å². The second-order valence-electron chi connectivity index (χ2n) is 3.73. The number of sulfonamides is 1. The molecule has 0 aliphatic heterocycles. The minimum atomic E-state index is -3.94. The van der Waals surface area contributed by atoms with E-state index in [0.29, 0.717) is 0 Å². The minimum Gasteiger partial charge on any atom is -0.394 e. The molecule has 108 valence electrons. The number of anilines is 3. The number of amides is 1. The Morgan fingerprint density at radius 2 is 2.15 bits per heavy atom. The summed E-state index contributed by atoms with van der Waals surface area (Å²) in [5, 5.41) is 13.3. The van der Waals surface area contributed by atoms with Crippen LogP contribution >= 0.6 is 11.3 Å². The molecular formula is C8H11N7O3S2. The number of nitrogens with zero attached hydrogens (tertiary/aromatic N) is 4. The maximum atomic E-state index is 12.1. The van der Waals surface area contributed by atoms with Gasteiger partial charge in [0, 0.05) is 14.0 Å². The molecular weight excluding hydrogens is 306 g/mol. The Kier molecular flexibility index (Phi) is 3.59. The van der Waals surface area contributed by atoms with E-state index in [4.69, 9.17) is 5.73 Å². The maximum absolute atomic E-state index is 12.1. The van der Waals surface area contributed by atoms with Gasteiger partial charge in [0.2, 0.25) is 11.0 Å². The molecule has 2 aromatic heterocycles. The number of nitrogens with two attached hydrogens (primary N) is 1. The molecule has 10 nitrogen and oxygen atoms in total. The zero-order valence-corrected chi connectivity index (χ0v) is 12.1. The van der Waals surface area contributed by atoms with E-state index in [1.54, 1.807) is 0 Å². The zero-order valence-electron chi connectivity index (χ0n) is 10.5. The van der Waals surface area contributed by atoms with Gasteiger partial charge in [-0.15, -0.1) is 10.2 Å². The highest BCUT2D eigenvalue weighted by atomic mass is 32.2. The van der Waals surface area contributed by atoms with Crippen LogP contribution in [0.5, 0.6) is 0 Å². The Bertz CT molecular complexity index is 728. The number of nitrogen functional groups attached to an aromatic ring is 1. The third-order valence-electron chi connectivity index (χ3n) is 2.12. The van der Waals surface area contributed by atoms with Crippen molar-refractivity contribution in [2.24, 2.45) is 7.05 Å². The van der Waals surface area contributed by atoms with Crippen LogP contribution in [0.15, 0.2) is 10.5 Å². The van der Waals surface area contributed by atoms with E-state index in [-0.39, 0.29) is 26.9 Å². The maximum Gasteiger partial charge on any atom is 0.292 e. The summed E-state index contributed by atoms with van der Waals surface area (Å²) in [7, 11) is -2.40. The monoisotopic (exact) mass is 317 g/mol. The molecule has 0 radical (unpaired) electrons. The molecule has 0 unspecified atom stereocenters. The van der Waals surface area contributed by atoms with Crippen molar-refractivity contribution in [2.45, 2.75) is 11.3 Å². The zero-order chi connectivity index (χ0) is 14.9. The molecule has 20 heavy (non-hydrogen) atoms. The van der Waals surface area contributed by atoms with Gasteiger partial charge in [-0.05, 0) is 0 Å². The lowest BCUT2D eigenvalue weighted by Crippen LogP contribution is -2.16. The largest absolute Gasteiger partial charge is 0.394 e. The Morgan fingerprint density at radius 3 is 2.70 bits per heavy atom. The fraction of sp³-hybridized carbons (Fsp3) is 0.250.